The van der Waals surface area contributed by atoms with Gasteiger partial charge in [-0.15, -0.1) is 0 Å². The largest absolute Gasteiger partial charge is 0.394 e. The molecule has 4 rings (SSSR count). The molecule has 2 aliphatic heterocycles. The van der Waals surface area contributed by atoms with Gasteiger partial charge < -0.3 is 10.0 Å². The van der Waals surface area contributed by atoms with Gasteiger partial charge in [0.15, 0.2) is 0 Å². The van der Waals surface area contributed by atoms with E-state index >= 15 is 0 Å². The van der Waals surface area contributed by atoms with Crippen LogP contribution in [0.3, 0.4) is 0 Å². The van der Waals surface area contributed by atoms with Crippen LogP contribution in [0.25, 0.3) is 0 Å². The molecule has 2 aliphatic rings. The Hall–Kier alpha value is -2.38. The van der Waals surface area contributed by atoms with Crippen molar-refractivity contribution >= 4 is 5.91 Å². The van der Waals surface area contributed by atoms with Crippen LogP contribution in [-0.4, -0.2) is 64.8 Å². The Bertz CT molecular complexity index is 851. The number of amides is 1. The first kappa shape index (κ1) is 19.9. The first-order valence-corrected chi connectivity index (χ1v) is 9.69. The van der Waals surface area contributed by atoms with Crippen LogP contribution in [-0.2, 0) is 0 Å². The number of alkyl halides is 3. The van der Waals surface area contributed by atoms with E-state index in [1.54, 1.807) is 34.1 Å². The summed E-state index contributed by atoms with van der Waals surface area (Å²) in [6.45, 7) is 0.474. The van der Waals surface area contributed by atoms with Gasteiger partial charge in [0.2, 0.25) is 0 Å². The Labute approximate surface area is 167 Å². The van der Waals surface area contributed by atoms with E-state index in [4.69, 9.17) is 0 Å². The highest BCUT2D eigenvalue weighted by molar-refractivity contribution is 5.96. The van der Waals surface area contributed by atoms with Crippen LogP contribution < -0.4 is 0 Å². The zero-order valence-electron chi connectivity index (χ0n) is 15.8. The monoisotopic (exact) mass is 404 g/mol. The lowest BCUT2D eigenvalue weighted by atomic mass is 9.60. The number of hydrogen-bond donors (Lipinski definition) is 1. The van der Waals surface area contributed by atoms with Crippen LogP contribution in [0, 0.1) is 0 Å². The van der Waals surface area contributed by atoms with Crippen LogP contribution in [0.5, 0.6) is 0 Å². The minimum Gasteiger partial charge on any atom is -0.394 e. The van der Waals surface area contributed by atoms with E-state index in [0.717, 1.165) is 5.56 Å². The summed E-state index contributed by atoms with van der Waals surface area (Å²) in [4.78, 5) is 16.7. The summed E-state index contributed by atoms with van der Waals surface area (Å²) in [5, 5.41) is 10.1. The van der Waals surface area contributed by atoms with Crippen LogP contribution in [0.15, 0.2) is 60.7 Å². The quantitative estimate of drug-likeness (QED) is 0.832. The molecule has 4 nitrogen and oxygen atoms in total. The number of rotatable bonds is 5. The molecule has 0 bridgehead atoms. The SMILES string of the molecule is O=C(c1ccccc1)N1[C@H](CO)[C@H](c2ccccc2)C12CN(CCC(F)(F)F)C2. The molecule has 1 amide bonds. The van der Waals surface area contributed by atoms with Crippen LogP contribution >= 0.6 is 0 Å². The lowest BCUT2D eigenvalue weighted by molar-refractivity contribution is -0.179. The molecular formula is C22H23F3N2O2. The van der Waals surface area contributed by atoms with Crippen molar-refractivity contribution in [3.05, 3.63) is 71.8 Å². The van der Waals surface area contributed by atoms with Crippen molar-refractivity contribution < 1.29 is 23.1 Å². The lowest BCUT2D eigenvalue weighted by Gasteiger charge is -2.70. The van der Waals surface area contributed by atoms with E-state index in [-0.39, 0.29) is 25.0 Å². The first-order chi connectivity index (χ1) is 13.9. The van der Waals surface area contributed by atoms with Gasteiger partial charge in [-0.3, -0.25) is 9.69 Å². The molecular weight excluding hydrogens is 381 g/mol. The second-order valence-electron chi connectivity index (χ2n) is 7.86. The summed E-state index contributed by atoms with van der Waals surface area (Å²) in [6.07, 6.45) is -5.07. The average molecular weight is 404 g/mol. The Morgan fingerprint density at radius 1 is 1.03 bits per heavy atom. The molecule has 2 heterocycles. The number of halogens is 3. The van der Waals surface area contributed by atoms with E-state index in [0.29, 0.717) is 18.7 Å². The Morgan fingerprint density at radius 3 is 2.17 bits per heavy atom. The molecule has 0 unspecified atom stereocenters. The third kappa shape index (κ3) is 3.53. The molecule has 29 heavy (non-hydrogen) atoms. The zero-order chi connectivity index (χ0) is 20.6. The average Bonchev–Trinajstić information content (AvgIpc) is 2.66. The van der Waals surface area contributed by atoms with Gasteiger partial charge >= 0.3 is 6.18 Å². The number of carbonyl (C=O) groups is 1. The summed E-state index contributed by atoms with van der Waals surface area (Å²) in [7, 11) is 0. The predicted octanol–water partition coefficient (Wildman–Crippen LogP) is 3.29. The summed E-state index contributed by atoms with van der Waals surface area (Å²) < 4.78 is 37.9. The second-order valence-corrected chi connectivity index (χ2v) is 7.86. The molecule has 2 aromatic rings. The maximum Gasteiger partial charge on any atom is 0.390 e. The number of likely N-dealkylation sites (tertiary alicyclic amines) is 2. The van der Waals surface area contributed by atoms with Gasteiger partial charge in [0.05, 0.1) is 24.6 Å². The molecule has 1 N–H and O–H groups in total. The molecule has 0 aliphatic carbocycles. The van der Waals surface area contributed by atoms with Gasteiger partial charge in [-0.25, -0.2) is 0 Å². The molecule has 2 aromatic carbocycles. The van der Waals surface area contributed by atoms with Crippen molar-refractivity contribution in [3.8, 4) is 0 Å². The summed E-state index contributed by atoms with van der Waals surface area (Å²) >= 11 is 0. The van der Waals surface area contributed by atoms with E-state index in [9.17, 15) is 23.1 Å². The van der Waals surface area contributed by atoms with Crippen LogP contribution in [0.4, 0.5) is 13.2 Å². The van der Waals surface area contributed by atoms with Crippen LogP contribution in [0.2, 0.25) is 0 Å². The fraction of sp³-hybridized carbons (Fsp3) is 0.409. The number of aliphatic hydroxyl groups excluding tert-OH is 1. The minimum absolute atomic E-state index is 0.0794. The number of nitrogens with zero attached hydrogens (tertiary/aromatic N) is 2. The van der Waals surface area contributed by atoms with Gasteiger partial charge in [0.25, 0.3) is 5.91 Å². The first-order valence-electron chi connectivity index (χ1n) is 9.69. The number of carbonyl (C=O) groups excluding carboxylic acids is 1. The van der Waals surface area contributed by atoms with Crippen molar-refractivity contribution in [2.24, 2.45) is 0 Å². The van der Waals surface area contributed by atoms with Crippen LogP contribution in [0.1, 0.15) is 28.3 Å². The molecule has 2 saturated heterocycles. The minimum atomic E-state index is -4.20. The third-order valence-electron chi connectivity index (χ3n) is 6.07. The topological polar surface area (TPSA) is 43.8 Å². The zero-order valence-corrected chi connectivity index (χ0v) is 15.8. The predicted molar refractivity (Wildman–Crippen MR) is 103 cm³/mol. The van der Waals surface area contributed by atoms with Crippen molar-refractivity contribution in [1.82, 2.24) is 9.80 Å². The van der Waals surface area contributed by atoms with Crippen molar-refractivity contribution in [2.45, 2.75) is 30.1 Å². The molecule has 1 spiro atoms. The van der Waals surface area contributed by atoms with E-state index in [1.165, 1.54) is 0 Å². The number of hydrogen-bond acceptors (Lipinski definition) is 3. The second kappa shape index (κ2) is 7.46. The highest BCUT2D eigenvalue weighted by Crippen LogP contribution is 2.54. The Balaban J connectivity index is 1.61. The smallest absolute Gasteiger partial charge is 0.390 e. The molecule has 154 valence electrons. The van der Waals surface area contributed by atoms with E-state index < -0.39 is 24.2 Å². The van der Waals surface area contributed by atoms with Gasteiger partial charge in [-0.1, -0.05) is 48.5 Å². The molecule has 2 atom stereocenters. The molecule has 2 fully saturated rings. The molecule has 7 heteroatoms. The molecule has 0 saturated carbocycles. The normalized spacial score (nSPS) is 23.5. The fourth-order valence-electron chi connectivity index (χ4n) is 4.88. The fourth-order valence-corrected chi connectivity index (χ4v) is 4.88. The highest BCUT2D eigenvalue weighted by atomic mass is 19.4. The highest BCUT2D eigenvalue weighted by Gasteiger charge is 2.67. The third-order valence-corrected chi connectivity index (χ3v) is 6.07. The Kier molecular flexibility index (Phi) is 5.12. The van der Waals surface area contributed by atoms with Gasteiger partial charge in [-0.2, -0.15) is 13.2 Å². The summed E-state index contributed by atoms with van der Waals surface area (Å²) in [5.41, 5.74) is 0.928. The maximum atomic E-state index is 13.2. The summed E-state index contributed by atoms with van der Waals surface area (Å²) in [5.74, 6) is -0.296. The number of benzene rings is 2. The maximum absolute atomic E-state index is 13.2. The van der Waals surface area contributed by atoms with E-state index in [2.05, 4.69) is 0 Å². The van der Waals surface area contributed by atoms with Crippen molar-refractivity contribution in [3.63, 3.8) is 0 Å². The Morgan fingerprint density at radius 2 is 1.62 bits per heavy atom. The lowest BCUT2D eigenvalue weighted by Crippen LogP contribution is -2.85. The van der Waals surface area contributed by atoms with Gasteiger partial charge in [0, 0.05) is 31.1 Å². The van der Waals surface area contributed by atoms with Crippen molar-refractivity contribution in [1.29, 1.82) is 0 Å². The van der Waals surface area contributed by atoms with Gasteiger partial charge in [-0.05, 0) is 17.7 Å². The number of aliphatic hydroxyl groups is 1. The molecule has 0 radical (unpaired) electrons. The van der Waals surface area contributed by atoms with E-state index in [1.807, 2.05) is 36.4 Å². The van der Waals surface area contributed by atoms with Gasteiger partial charge in [0.1, 0.15) is 0 Å². The van der Waals surface area contributed by atoms with Crippen molar-refractivity contribution in [2.75, 3.05) is 26.2 Å². The standard InChI is InChI=1S/C22H23F3N2O2/c23-22(24,25)11-12-26-14-21(15-26)19(16-7-3-1-4-8-16)18(13-28)27(21)20(29)17-9-5-2-6-10-17/h1-10,18-19,28H,11-15H2/t18-,19+/m1/s1. The summed E-state index contributed by atoms with van der Waals surface area (Å²) in [6, 6.07) is 18.0. The molecule has 0 aromatic heterocycles.